The van der Waals surface area contributed by atoms with E-state index in [9.17, 15) is 4.79 Å². The summed E-state index contributed by atoms with van der Waals surface area (Å²) in [4.78, 5) is 16.1. The molecule has 9 heteroatoms. The van der Waals surface area contributed by atoms with Crippen molar-refractivity contribution in [3.05, 3.63) is 24.0 Å². The van der Waals surface area contributed by atoms with Gasteiger partial charge in [-0.15, -0.1) is 0 Å². The first-order valence-electron chi connectivity index (χ1n) is 11.4. The smallest absolute Gasteiger partial charge is 0.415 e. The zero-order valence-corrected chi connectivity index (χ0v) is 22.0. The zero-order chi connectivity index (χ0) is 24.1. The maximum atomic E-state index is 15.0. The number of urea groups is 1. The van der Waals surface area contributed by atoms with Crippen molar-refractivity contribution in [2.45, 2.75) is 77.8 Å². The molecule has 2 aliphatic heterocycles. The highest BCUT2D eigenvalue weighted by Gasteiger charge is 2.52. The molecule has 178 valence electrons. The van der Waals surface area contributed by atoms with Crippen LogP contribution in [0.1, 0.15) is 48.5 Å². The minimum atomic E-state index is -1.86. The predicted octanol–water partition coefficient (Wildman–Crippen LogP) is 4.39. The fraction of sp³-hybridized carbons (Fsp3) is 0.696. The van der Waals surface area contributed by atoms with Crippen LogP contribution < -0.4 is 10.4 Å². The molecule has 0 spiro atoms. The Morgan fingerprint density at radius 3 is 2.25 bits per heavy atom. The lowest BCUT2D eigenvalue weighted by atomic mass is 9.79. The highest BCUT2D eigenvalue weighted by Crippen LogP contribution is 2.37. The van der Waals surface area contributed by atoms with Crippen molar-refractivity contribution in [3.8, 4) is 0 Å². The second kappa shape index (κ2) is 8.42. The standard InChI is InChI=1S/C23H38BFN2O4Si/c1-21(2,3)32(8,9)29-15-14-26-12-13-27(20(26)28)19-11-10-17(16-18(19)25)24-30-22(4,5)23(6,7)31-24/h10-11,16H,12-15H2,1-9H3. The first-order chi connectivity index (χ1) is 14.6. The van der Waals surface area contributed by atoms with E-state index in [0.29, 0.717) is 31.7 Å². The van der Waals surface area contributed by atoms with E-state index in [1.807, 2.05) is 27.7 Å². The second-order valence-corrected chi connectivity index (χ2v) is 16.1. The summed E-state index contributed by atoms with van der Waals surface area (Å²) in [5.41, 5.74) is -0.102. The lowest BCUT2D eigenvalue weighted by molar-refractivity contribution is 0.00578. The number of rotatable bonds is 6. The SMILES string of the molecule is CC1(C)OB(c2ccc(N3CCN(CCO[Si](C)(C)C(C)(C)C)C3=O)c(F)c2)OC1(C)C. The summed E-state index contributed by atoms with van der Waals surface area (Å²) in [5, 5.41) is 0.121. The largest absolute Gasteiger partial charge is 0.494 e. The van der Waals surface area contributed by atoms with E-state index in [0.717, 1.165) is 0 Å². The highest BCUT2D eigenvalue weighted by atomic mass is 28.4. The van der Waals surface area contributed by atoms with Gasteiger partial charge in [-0.1, -0.05) is 26.8 Å². The molecule has 1 aromatic rings. The molecule has 2 heterocycles. The molecule has 0 N–H and O–H groups in total. The molecular weight excluding hydrogens is 426 g/mol. The van der Waals surface area contributed by atoms with Crippen LogP contribution >= 0.6 is 0 Å². The Morgan fingerprint density at radius 1 is 1.12 bits per heavy atom. The van der Waals surface area contributed by atoms with E-state index < -0.39 is 32.5 Å². The number of benzene rings is 1. The summed E-state index contributed by atoms with van der Waals surface area (Å²) in [6, 6.07) is 4.64. The number of carbonyl (C=O) groups excluding carboxylic acids is 1. The van der Waals surface area contributed by atoms with Gasteiger partial charge in [0.15, 0.2) is 8.32 Å². The molecule has 3 rings (SSSR count). The number of hydrogen-bond acceptors (Lipinski definition) is 4. The summed E-state index contributed by atoms with van der Waals surface area (Å²) in [6.07, 6.45) is 0. The Kier molecular flexibility index (Phi) is 6.63. The van der Waals surface area contributed by atoms with Crippen molar-refractivity contribution in [1.29, 1.82) is 0 Å². The van der Waals surface area contributed by atoms with Gasteiger partial charge < -0.3 is 18.6 Å². The summed E-state index contributed by atoms with van der Waals surface area (Å²) in [6.45, 7) is 20.8. The predicted molar refractivity (Wildman–Crippen MR) is 130 cm³/mol. The maximum absolute atomic E-state index is 15.0. The average molecular weight is 464 g/mol. The molecule has 2 amide bonds. The molecule has 0 saturated carbocycles. The fourth-order valence-electron chi connectivity index (χ4n) is 3.51. The summed E-state index contributed by atoms with van der Waals surface area (Å²) in [5.74, 6) is -0.454. The monoisotopic (exact) mass is 464 g/mol. The quantitative estimate of drug-likeness (QED) is 0.586. The first kappa shape index (κ1) is 25.2. The first-order valence-corrected chi connectivity index (χ1v) is 14.3. The number of amides is 2. The van der Waals surface area contributed by atoms with E-state index in [1.165, 1.54) is 11.0 Å². The van der Waals surface area contributed by atoms with Crippen LogP contribution in [0, 0.1) is 5.82 Å². The molecule has 32 heavy (non-hydrogen) atoms. The Morgan fingerprint density at radius 2 is 1.72 bits per heavy atom. The van der Waals surface area contributed by atoms with Gasteiger partial charge in [0.1, 0.15) is 5.82 Å². The van der Waals surface area contributed by atoms with Crippen molar-refractivity contribution in [1.82, 2.24) is 4.90 Å². The molecule has 0 aromatic heterocycles. The number of nitrogens with zero attached hydrogens (tertiary/aromatic N) is 2. The molecular formula is C23H38BFN2O4Si. The van der Waals surface area contributed by atoms with Crippen LogP contribution in [0.2, 0.25) is 18.1 Å². The molecule has 2 fully saturated rings. The zero-order valence-electron chi connectivity index (χ0n) is 21.0. The van der Waals surface area contributed by atoms with Crippen LogP contribution in [0.5, 0.6) is 0 Å². The summed E-state index contributed by atoms with van der Waals surface area (Å²) in [7, 11) is -2.50. The minimum absolute atomic E-state index is 0.121. The van der Waals surface area contributed by atoms with Crippen LogP contribution in [-0.2, 0) is 13.7 Å². The van der Waals surface area contributed by atoms with Crippen LogP contribution in [0.3, 0.4) is 0 Å². The molecule has 0 radical (unpaired) electrons. The Bertz CT molecular complexity index is 856. The molecule has 0 atom stereocenters. The van der Waals surface area contributed by atoms with Crippen molar-refractivity contribution >= 4 is 32.6 Å². The van der Waals surface area contributed by atoms with Gasteiger partial charge >= 0.3 is 13.1 Å². The van der Waals surface area contributed by atoms with Crippen molar-refractivity contribution in [2.75, 3.05) is 31.1 Å². The number of hydrogen-bond donors (Lipinski definition) is 0. The van der Waals surface area contributed by atoms with Crippen molar-refractivity contribution in [3.63, 3.8) is 0 Å². The molecule has 0 aliphatic carbocycles. The van der Waals surface area contributed by atoms with Gasteiger partial charge in [0, 0.05) is 19.6 Å². The van der Waals surface area contributed by atoms with Crippen LogP contribution in [0.25, 0.3) is 0 Å². The third-order valence-electron chi connectivity index (χ3n) is 7.51. The lowest BCUT2D eigenvalue weighted by Crippen LogP contribution is -2.43. The van der Waals surface area contributed by atoms with Crippen LogP contribution in [-0.4, -0.2) is 63.8 Å². The van der Waals surface area contributed by atoms with Gasteiger partial charge in [0.25, 0.3) is 0 Å². The van der Waals surface area contributed by atoms with Gasteiger partial charge in [0.2, 0.25) is 0 Å². The van der Waals surface area contributed by atoms with Gasteiger partial charge in [-0.25, -0.2) is 9.18 Å². The number of halogens is 1. The topological polar surface area (TPSA) is 51.2 Å². The van der Waals surface area contributed by atoms with E-state index in [4.69, 9.17) is 13.7 Å². The average Bonchev–Trinajstić information content (AvgIpc) is 3.10. The molecule has 2 aliphatic rings. The summed E-state index contributed by atoms with van der Waals surface area (Å²) >= 11 is 0. The van der Waals surface area contributed by atoms with E-state index >= 15 is 4.39 Å². The Labute approximate surface area is 193 Å². The minimum Gasteiger partial charge on any atom is -0.415 e. The van der Waals surface area contributed by atoms with Gasteiger partial charge in [-0.3, -0.25) is 4.90 Å². The van der Waals surface area contributed by atoms with Crippen LogP contribution in [0.15, 0.2) is 18.2 Å². The third-order valence-corrected chi connectivity index (χ3v) is 12.1. The third kappa shape index (κ3) is 4.76. The van der Waals surface area contributed by atoms with Crippen LogP contribution in [0.4, 0.5) is 14.9 Å². The summed E-state index contributed by atoms with van der Waals surface area (Å²) < 4.78 is 33.3. The lowest BCUT2D eigenvalue weighted by Gasteiger charge is -2.36. The van der Waals surface area contributed by atoms with E-state index in [2.05, 4.69) is 33.9 Å². The van der Waals surface area contributed by atoms with E-state index in [1.54, 1.807) is 17.0 Å². The molecule has 6 nitrogen and oxygen atoms in total. The normalized spacial score (nSPS) is 21.1. The molecule has 2 saturated heterocycles. The highest BCUT2D eigenvalue weighted by molar-refractivity contribution is 6.74. The molecule has 0 bridgehead atoms. The maximum Gasteiger partial charge on any atom is 0.494 e. The molecule has 0 unspecified atom stereocenters. The Balaban J connectivity index is 1.64. The second-order valence-electron chi connectivity index (χ2n) is 11.3. The van der Waals surface area contributed by atoms with Gasteiger partial charge in [0.05, 0.1) is 23.5 Å². The van der Waals surface area contributed by atoms with Crippen molar-refractivity contribution in [2.24, 2.45) is 0 Å². The van der Waals surface area contributed by atoms with E-state index in [-0.39, 0.29) is 16.8 Å². The number of anilines is 1. The molecule has 1 aromatic carbocycles. The Hall–Kier alpha value is -1.42. The number of carbonyl (C=O) groups is 1. The van der Waals surface area contributed by atoms with Crippen molar-refractivity contribution < 1.29 is 22.9 Å². The van der Waals surface area contributed by atoms with Gasteiger partial charge in [-0.05, 0) is 63.4 Å². The van der Waals surface area contributed by atoms with Gasteiger partial charge in [-0.2, -0.15) is 0 Å². The fourth-order valence-corrected chi connectivity index (χ4v) is 4.54.